The molecule has 0 spiro atoms. The SMILES string of the molecule is Cc1nc(CC(=O)O)ccc1-c1cccc(F)c1. The van der Waals surface area contributed by atoms with Crippen LogP contribution in [0.2, 0.25) is 0 Å². The van der Waals surface area contributed by atoms with Gasteiger partial charge in [-0.25, -0.2) is 4.39 Å². The Balaban J connectivity index is 2.38. The van der Waals surface area contributed by atoms with Crippen LogP contribution in [0, 0.1) is 12.7 Å². The number of carbonyl (C=O) groups is 1. The molecule has 0 saturated heterocycles. The van der Waals surface area contributed by atoms with Crippen LogP contribution in [0.3, 0.4) is 0 Å². The lowest BCUT2D eigenvalue weighted by Gasteiger charge is -2.07. The number of carboxylic acids is 1. The van der Waals surface area contributed by atoms with Crippen molar-refractivity contribution in [1.29, 1.82) is 0 Å². The van der Waals surface area contributed by atoms with Crippen LogP contribution in [0.1, 0.15) is 11.4 Å². The second-order valence-electron chi connectivity index (χ2n) is 4.02. The average Bonchev–Trinajstić information content (AvgIpc) is 2.28. The van der Waals surface area contributed by atoms with E-state index in [1.165, 1.54) is 12.1 Å². The lowest BCUT2D eigenvalue weighted by Crippen LogP contribution is -2.03. The Morgan fingerprint density at radius 2 is 2.11 bits per heavy atom. The van der Waals surface area contributed by atoms with Crippen LogP contribution >= 0.6 is 0 Å². The molecular formula is C14H12FNO2. The fourth-order valence-electron chi connectivity index (χ4n) is 1.83. The minimum atomic E-state index is -0.916. The lowest BCUT2D eigenvalue weighted by atomic mass is 10.0. The Hall–Kier alpha value is -2.23. The van der Waals surface area contributed by atoms with Gasteiger partial charge in [-0.05, 0) is 30.7 Å². The lowest BCUT2D eigenvalue weighted by molar-refractivity contribution is -0.136. The highest BCUT2D eigenvalue weighted by molar-refractivity contribution is 5.70. The first kappa shape index (κ1) is 12.2. The summed E-state index contributed by atoms with van der Waals surface area (Å²) in [6.45, 7) is 1.78. The maximum absolute atomic E-state index is 13.1. The number of aryl methyl sites for hydroxylation is 1. The first-order valence-corrected chi connectivity index (χ1v) is 5.50. The molecule has 1 aromatic carbocycles. The highest BCUT2D eigenvalue weighted by atomic mass is 19.1. The Labute approximate surface area is 104 Å². The third-order valence-corrected chi connectivity index (χ3v) is 2.61. The fraction of sp³-hybridized carbons (Fsp3) is 0.143. The highest BCUT2D eigenvalue weighted by Crippen LogP contribution is 2.23. The van der Waals surface area contributed by atoms with Crippen LogP contribution in [0.4, 0.5) is 4.39 Å². The van der Waals surface area contributed by atoms with Crippen LogP contribution in [-0.4, -0.2) is 16.1 Å². The second kappa shape index (κ2) is 4.96. The van der Waals surface area contributed by atoms with Crippen LogP contribution in [0.15, 0.2) is 36.4 Å². The standard InChI is InChI=1S/C14H12FNO2/c1-9-13(10-3-2-4-11(15)7-10)6-5-12(16-9)8-14(17)18/h2-7H,8H2,1H3,(H,17,18). The Morgan fingerprint density at radius 3 is 2.72 bits per heavy atom. The molecular weight excluding hydrogens is 233 g/mol. The van der Waals surface area contributed by atoms with Gasteiger partial charge < -0.3 is 5.11 Å². The average molecular weight is 245 g/mol. The minimum Gasteiger partial charge on any atom is -0.481 e. The van der Waals surface area contributed by atoms with E-state index in [0.29, 0.717) is 11.4 Å². The maximum Gasteiger partial charge on any atom is 0.309 e. The van der Waals surface area contributed by atoms with Crippen molar-refractivity contribution in [2.24, 2.45) is 0 Å². The van der Waals surface area contributed by atoms with E-state index in [2.05, 4.69) is 4.98 Å². The number of aliphatic carboxylic acids is 1. The zero-order valence-electron chi connectivity index (χ0n) is 9.85. The first-order chi connectivity index (χ1) is 8.56. The van der Waals surface area contributed by atoms with Crippen LogP contribution < -0.4 is 0 Å². The van der Waals surface area contributed by atoms with Crippen LogP contribution in [0.5, 0.6) is 0 Å². The molecule has 0 saturated carbocycles. The number of nitrogens with zero attached hydrogens (tertiary/aromatic N) is 1. The van der Waals surface area contributed by atoms with Gasteiger partial charge in [0.25, 0.3) is 0 Å². The van der Waals surface area contributed by atoms with E-state index in [1.54, 1.807) is 31.2 Å². The Kier molecular flexibility index (Phi) is 3.37. The van der Waals surface area contributed by atoms with Gasteiger partial charge in [0, 0.05) is 11.3 Å². The van der Waals surface area contributed by atoms with E-state index in [9.17, 15) is 9.18 Å². The second-order valence-corrected chi connectivity index (χ2v) is 4.02. The van der Waals surface area contributed by atoms with E-state index < -0.39 is 5.97 Å². The van der Waals surface area contributed by atoms with Gasteiger partial charge in [-0.1, -0.05) is 18.2 Å². The Bertz CT molecular complexity index is 596. The summed E-state index contributed by atoms with van der Waals surface area (Å²) < 4.78 is 13.1. The third-order valence-electron chi connectivity index (χ3n) is 2.61. The van der Waals surface area contributed by atoms with Crippen molar-refractivity contribution in [3.05, 3.63) is 53.6 Å². The highest BCUT2D eigenvalue weighted by Gasteiger charge is 2.07. The summed E-state index contributed by atoms with van der Waals surface area (Å²) in [4.78, 5) is 14.8. The molecule has 2 aromatic rings. The van der Waals surface area contributed by atoms with Crippen LogP contribution in [0.25, 0.3) is 11.1 Å². The topological polar surface area (TPSA) is 50.2 Å². The molecule has 1 aromatic heterocycles. The number of halogens is 1. The normalized spacial score (nSPS) is 10.3. The van der Waals surface area contributed by atoms with Gasteiger partial charge in [0.05, 0.1) is 12.1 Å². The van der Waals surface area contributed by atoms with Crippen molar-refractivity contribution in [3.8, 4) is 11.1 Å². The van der Waals surface area contributed by atoms with E-state index in [4.69, 9.17) is 5.11 Å². The van der Waals surface area contributed by atoms with Gasteiger partial charge in [-0.15, -0.1) is 0 Å². The summed E-state index contributed by atoms with van der Waals surface area (Å²) in [7, 11) is 0. The van der Waals surface area contributed by atoms with Crippen molar-refractivity contribution in [2.75, 3.05) is 0 Å². The molecule has 18 heavy (non-hydrogen) atoms. The molecule has 0 aliphatic heterocycles. The fourth-order valence-corrected chi connectivity index (χ4v) is 1.83. The molecule has 4 heteroatoms. The largest absolute Gasteiger partial charge is 0.481 e. The van der Waals surface area contributed by atoms with Crippen molar-refractivity contribution >= 4 is 5.97 Å². The number of pyridine rings is 1. The molecule has 0 bridgehead atoms. The van der Waals surface area contributed by atoms with Crippen molar-refractivity contribution in [1.82, 2.24) is 4.98 Å². The number of benzene rings is 1. The molecule has 2 rings (SSSR count). The predicted octanol–water partition coefficient (Wildman–Crippen LogP) is 2.82. The summed E-state index contributed by atoms with van der Waals surface area (Å²) in [6, 6.07) is 9.67. The molecule has 0 aliphatic rings. The molecule has 0 unspecified atom stereocenters. The van der Waals surface area contributed by atoms with Gasteiger partial charge in [0.1, 0.15) is 5.82 Å². The zero-order valence-corrected chi connectivity index (χ0v) is 9.85. The summed E-state index contributed by atoms with van der Waals surface area (Å²) in [5.74, 6) is -1.22. The quantitative estimate of drug-likeness (QED) is 0.904. The number of hydrogen-bond acceptors (Lipinski definition) is 2. The number of carboxylic acid groups (broad SMARTS) is 1. The van der Waals surface area contributed by atoms with Gasteiger partial charge in [0.2, 0.25) is 0 Å². The first-order valence-electron chi connectivity index (χ1n) is 5.50. The molecule has 92 valence electrons. The summed E-state index contributed by atoms with van der Waals surface area (Å²) in [6.07, 6.45) is -0.107. The van der Waals surface area contributed by atoms with E-state index in [-0.39, 0.29) is 12.2 Å². The minimum absolute atomic E-state index is 0.107. The van der Waals surface area contributed by atoms with Gasteiger partial charge in [0.15, 0.2) is 0 Å². The number of aromatic nitrogens is 1. The monoisotopic (exact) mass is 245 g/mol. The molecule has 3 nitrogen and oxygen atoms in total. The van der Waals surface area contributed by atoms with E-state index >= 15 is 0 Å². The van der Waals surface area contributed by atoms with Crippen molar-refractivity contribution in [2.45, 2.75) is 13.3 Å². The number of hydrogen-bond donors (Lipinski definition) is 1. The van der Waals surface area contributed by atoms with Gasteiger partial charge in [-0.2, -0.15) is 0 Å². The summed E-state index contributed by atoms with van der Waals surface area (Å²) in [5.41, 5.74) is 2.74. The van der Waals surface area contributed by atoms with Gasteiger partial charge in [-0.3, -0.25) is 9.78 Å². The molecule has 1 heterocycles. The number of rotatable bonds is 3. The van der Waals surface area contributed by atoms with E-state index in [1.807, 2.05) is 0 Å². The maximum atomic E-state index is 13.1. The molecule has 0 aliphatic carbocycles. The molecule has 0 amide bonds. The van der Waals surface area contributed by atoms with Crippen molar-refractivity contribution < 1.29 is 14.3 Å². The molecule has 0 radical (unpaired) electrons. The third kappa shape index (κ3) is 2.71. The van der Waals surface area contributed by atoms with Gasteiger partial charge >= 0.3 is 5.97 Å². The molecule has 1 N–H and O–H groups in total. The van der Waals surface area contributed by atoms with Crippen molar-refractivity contribution in [3.63, 3.8) is 0 Å². The molecule has 0 atom stereocenters. The molecule has 0 fully saturated rings. The smallest absolute Gasteiger partial charge is 0.309 e. The summed E-state index contributed by atoms with van der Waals surface area (Å²) >= 11 is 0. The van der Waals surface area contributed by atoms with E-state index in [0.717, 1.165) is 11.1 Å². The Morgan fingerprint density at radius 1 is 1.33 bits per heavy atom. The van der Waals surface area contributed by atoms with Crippen LogP contribution in [-0.2, 0) is 11.2 Å². The summed E-state index contributed by atoms with van der Waals surface area (Å²) in [5, 5.41) is 8.69. The zero-order chi connectivity index (χ0) is 13.1. The predicted molar refractivity (Wildman–Crippen MR) is 65.7 cm³/mol.